The number of hydrogen-bond acceptors (Lipinski definition) is 2. The van der Waals surface area contributed by atoms with Crippen molar-refractivity contribution in [3.05, 3.63) is 65.2 Å². The summed E-state index contributed by atoms with van der Waals surface area (Å²) in [5, 5.41) is 3.14. The van der Waals surface area contributed by atoms with Crippen LogP contribution in [-0.4, -0.2) is 23.9 Å². The van der Waals surface area contributed by atoms with Gasteiger partial charge in [0, 0.05) is 18.8 Å². The number of nitrogens with zero attached hydrogens (tertiary/aromatic N) is 1. The molecule has 0 unspecified atom stereocenters. The van der Waals surface area contributed by atoms with Crippen molar-refractivity contribution in [2.75, 3.05) is 18.4 Å². The molecule has 0 radical (unpaired) electrons. The van der Waals surface area contributed by atoms with Crippen LogP contribution >= 0.6 is 0 Å². The number of piperidine rings is 1. The van der Waals surface area contributed by atoms with Crippen LogP contribution in [0.25, 0.3) is 0 Å². The van der Waals surface area contributed by atoms with Gasteiger partial charge in [0.2, 0.25) is 5.91 Å². The first-order chi connectivity index (χ1) is 11.6. The zero-order chi connectivity index (χ0) is 16.9. The van der Waals surface area contributed by atoms with E-state index < -0.39 is 0 Å². The first-order valence-electron chi connectivity index (χ1n) is 8.77. The molecule has 0 aromatic heterocycles. The molecule has 0 spiro atoms. The largest absolute Gasteiger partial charge is 0.326 e. The van der Waals surface area contributed by atoms with E-state index in [9.17, 15) is 4.79 Å². The Kier molecular flexibility index (Phi) is 5.31. The van der Waals surface area contributed by atoms with Gasteiger partial charge in [0.15, 0.2) is 0 Å². The smallest absolute Gasteiger partial charge is 0.228 e. The number of carbonyl (C=O) groups is 1. The number of amides is 1. The number of carbonyl (C=O) groups excluding carboxylic acids is 1. The van der Waals surface area contributed by atoms with Crippen molar-refractivity contribution in [2.45, 2.75) is 33.2 Å². The molecule has 1 atom stereocenters. The minimum Gasteiger partial charge on any atom is -0.326 e. The quantitative estimate of drug-likeness (QED) is 0.917. The van der Waals surface area contributed by atoms with Crippen molar-refractivity contribution in [2.24, 2.45) is 5.92 Å². The lowest BCUT2D eigenvalue weighted by atomic mass is 9.96. The molecular weight excluding hydrogens is 296 g/mol. The summed E-state index contributed by atoms with van der Waals surface area (Å²) in [5.74, 6) is 0.226. The highest BCUT2D eigenvalue weighted by Gasteiger charge is 2.26. The topological polar surface area (TPSA) is 32.3 Å². The van der Waals surface area contributed by atoms with Crippen molar-refractivity contribution in [3.63, 3.8) is 0 Å². The highest BCUT2D eigenvalue weighted by atomic mass is 16.1. The highest BCUT2D eigenvalue weighted by molar-refractivity contribution is 5.93. The van der Waals surface area contributed by atoms with E-state index in [0.29, 0.717) is 0 Å². The van der Waals surface area contributed by atoms with E-state index >= 15 is 0 Å². The van der Waals surface area contributed by atoms with Gasteiger partial charge >= 0.3 is 0 Å². The second-order valence-corrected chi connectivity index (χ2v) is 6.80. The zero-order valence-electron chi connectivity index (χ0n) is 14.6. The van der Waals surface area contributed by atoms with Gasteiger partial charge in [-0.2, -0.15) is 0 Å². The van der Waals surface area contributed by atoms with Gasteiger partial charge in [0.1, 0.15) is 0 Å². The maximum Gasteiger partial charge on any atom is 0.228 e. The molecule has 126 valence electrons. The highest BCUT2D eigenvalue weighted by Crippen LogP contribution is 2.23. The van der Waals surface area contributed by atoms with Crippen LogP contribution in [0.15, 0.2) is 48.5 Å². The normalized spacial score (nSPS) is 18.3. The van der Waals surface area contributed by atoms with Crippen molar-refractivity contribution in [1.29, 1.82) is 0 Å². The molecule has 0 bridgehead atoms. The Bertz CT molecular complexity index is 696. The lowest BCUT2D eigenvalue weighted by molar-refractivity contribution is -0.121. The van der Waals surface area contributed by atoms with E-state index in [0.717, 1.165) is 43.7 Å². The Hall–Kier alpha value is -2.13. The molecule has 3 rings (SSSR count). The minimum absolute atomic E-state index is 0.0716. The summed E-state index contributed by atoms with van der Waals surface area (Å²) >= 11 is 0. The monoisotopic (exact) mass is 322 g/mol. The van der Waals surface area contributed by atoms with Crippen LogP contribution < -0.4 is 5.32 Å². The molecule has 24 heavy (non-hydrogen) atoms. The summed E-state index contributed by atoms with van der Waals surface area (Å²) in [7, 11) is 0. The number of benzene rings is 2. The van der Waals surface area contributed by atoms with Crippen molar-refractivity contribution < 1.29 is 4.79 Å². The van der Waals surface area contributed by atoms with Crippen LogP contribution in [0.5, 0.6) is 0 Å². The molecule has 0 saturated carbocycles. The predicted molar refractivity (Wildman–Crippen MR) is 99.0 cm³/mol. The second-order valence-electron chi connectivity index (χ2n) is 6.80. The Labute approximate surface area is 144 Å². The van der Waals surface area contributed by atoms with Crippen LogP contribution in [-0.2, 0) is 11.3 Å². The van der Waals surface area contributed by atoms with E-state index in [1.54, 1.807) is 0 Å². The third-order valence-corrected chi connectivity index (χ3v) is 4.99. The lowest BCUT2D eigenvalue weighted by Gasteiger charge is -2.32. The van der Waals surface area contributed by atoms with Gasteiger partial charge in [0.25, 0.3) is 0 Å². The lowest BCUT2D eigenvalue weighted by Crippen LogP contribution is -2.40. The first kappa shape index (κ1) is 16.7. The zero-order valence-corrected chi connectivity index (χ0v) is 14.6. The maximum absolute atomic E-state index is 12.7. The van der Waals surface area contributed by atoms with Gasteiger partial charge in [-0.1, -0.05) is 42.5 Å². The fraction of sp³-hybridized carbons (Fsp3) is 0.381. The summed E-state index contributed by atoms with van der Waals surface area (Å²) < 4.78 is 0. The van der Waals surface area contributed by atoms with Crippen LogP contribution in [0.4, 0.5) is 5.69 Å². The number of likely N-dealkylation sites (tertiary alicyclic amines) is 1. The number of aryl methyl sites for hydroxylation is 1. The molecule has 2 aromatic carbocycles. The van der Waals surface area contributed by atoms with Crippen LogP contribution in [0, 0.1) is 19.8 Å². The molecule has 1 fully saturated rings. The van der Waals surface area contributed by atoms with Crippen molar-refractivity contribution in [1.82, 2.24) is 4.90 Å². The van der Waals surface area contributed by atoms with E-state index in [2.05, 4.69) is 54.4 Å². The fourth-order valence-corrected chi connectivity index (χ4v) is 3.38. The van der Waals surface area contributed by atoms with Gasteiger partial charge in [-0.15, -0.1) is 0 Å². The molecule has 1 heterocycles. The molecule has 1 saturated heterocycles. The molecule has 2 aromatic rings. The van der Waals surface area contributed by atoms with Crippen LogP contribution in [0.2, 0.25) is 0 Å². The van der Waals surface area contributed by atoms with Crippen molar-refractivity contribution >= 4 is 11.6 Å². The number of anilines is 1. The van der Waals surface area contributed by atoms with E-state index in [4.69, 9.17) is 0 Å². The molecular formula is C21H26N2O. The average molecular weight is 322 g/mol. The Balaban J connectivity index is 1.61. The summed E-state index contributed by atoms with van der Waals surface area (Å²) in [6.45, 7) is 6.97. The first-order valence-corrected chi connectivity index (χ1v) is 8.77. The number of nitrogens with one attached hydrogen (secondary N) is 1. The van der Waals surface area contributed by atoms with Gasteiger partial charge in [-0.3, -0.25) is 9.69 Å². The molecule has 1 aliphatic heterocycles. The maximum atomic E-state index is 12.7. The third-order valence-electron chi connectivity index (χ3n) is 4.99. The summed E-state index contributed by atoms with van der Waals surface area (Å²) in [4.78, 5) is 15.1. The van der Waals surface area contributed by atoms with E-state index in [-0.39, 0.29) is 11.8 Å². The fourth-order valence-electron chi connectivity index (χ4n) is 3.38. The molecule has 1 amide bonds. The van der Waals surface area contributed by atoms with E-state index in [1.165, 1.54) is 11.1 Å². The van der Waals surface area contributed by atoms with E-state index in [1.807, 2.05) is 18.2 Å². The van der Waals surface area contributed by atoms with Crippen molar-refractivity contribution in [3.8, 4) is 0 Å². The molecule has 3 nitrogen and oxygen atoms in total. The van der Waals surface area contributed by atoms with Gasteiger partial charge in [0.05, 0.1) is 5.92 Å². The Morgan fingerprint density at radius 3 is 2.71 bits per heavy atom. The number of rotatable bonds is 4. The average Bonchev–Trinajstić information content (AvgIpc) is 2.60. The summed E-state index contributed by atoms with van der Waals surface area (Å²) in [6.07, 6.45) is 2.06. The molecule has 3 heteroatoms. The Morgan fingerprint density at radius 1 is 1.12 bits per heavy atom. The summed E-state index contributed by atoms with van der Waals surface area (Å²) in [6, 6.07) is 16.6. The van der Waals surface area contributed by atoms with Gasteiger partial charge < -0.3 is 5.32 Å². The van der Waals surface area contributed by atoms with Gasteiger partial charge in [-0.05, 0) is 56.0 Å². The van der Waals surface area contributed by atoms with Gasteiger partial charge in [-0.25, -0.2) is 0 Å². The molecule has 1 N–H and O–H groups in total. The van der Waals surface area contributed by atoms with Crippen LogP contribution in [0.1, 0.15) is 29.5 Å². The summed E-state index contributed by atoms with van der Waals surface area (Å²) in [5.41, 5.74) is 4.62. The SMILES string of the molecule is Cc1cccc(NC(=O)[C@H]2CCCN(Cc3ccccc3)C2)c1C. The minimum atomic E-state index is 0.0716. The Morgan fingerprint density at radius 2 is 1.92 bits per heavy atom. The third kappa shape index (κ3) is 4.04. The standard InChI is InChI=1S/C21H26N2O/c1-16-8-6-12-20(17(16)2)22-21(24)19-11-7-13-23(15-19)14-18-9-4-3-5-10-18/h3-6,8-10,12,19H,7,11,13-15H2,1-2H3,(H,22,24)/t19-/m0/s1. The molecule has 1 aliphatic rings. The molecule has 0 aliphatic carbocycles. The number of hydrogen-bond donors (Lipinski definition) is 1. The second kappa shape index (κ2) is 7.63. The predicted octanol–water partition coefficient (Wildman–Crippen LogP) is 4.15. The van der Waals surface area contributed by atoms with Crippen LogP contribution in [0.3, 0.4) is 0 Å².